The highest BCUT2D eigenvalue weighted by molar-refractivity contribution is 4.93. The van der Waals surface area contributed by atoms with Crippen LogP contribution in [0, 0.1) is 0 Å². The number of rotatable bonds is 1. The Bertz CT molecular complexity index is 151. The van der Waals surface area contributed by atoms with Gasteiger partial charge in [-0.3, -0.25) is 0 Å². The van der Waals surface area contributed by atoms with Crippen LogP contribution in [0.4, 0.5) is 0 Å². The second kappa shape index (κ2) is 3.68. The largest absolute Gasteiger partial charge is 0.390 e. The average molecular weight is 178 g/mol. The SMILES string of the molecule is CO[C@H]1[C@H](O)[C@@H](O)[C@H](O)C[C@H]1O. The molecule has 0 saturated heterocycles. The van der Waals surface area contributed by atoms with Crippen LogP contribution in [-0.4, -0.2) is 58.1 Å². The van der Waals surface area contributed by atoms with Crippen LogP contribution in [0.3, 0.4) is 0 Å². The minimum absolute atomic E-state index is 0.0245. The van der Waals surface area contributed by atoms with Gasteiger partial charge >= 0.3 is 0 Å². The molecule has 4 N–H and O–H groups in total. The topological polar surface area (TPSA) is 90.2 Å². The van der Waals surface area contributed by atoms with Crippen molar-refractivity contribution in [1.82, 2.24) is 0 Å². The van der Waals surface area contributed by atoms with Crippen molar-refractivity contribution >= 4 is 0 Å². The van der Waals surface area contributed by atoms with E-state index < -0.39 is 30.5 Å². The Hall–Kier alpha value is -0.200. The van der Waals surface area contributed by atoms with E-state index in [1.54, 1.807) is 0 Å². The molecule has 0 heterocycles. The van der Waals surface area contributed by atoms with Crippen molar-refractivity contribution in [3.05, 3.63) is 0 Å². The number of aliphatic hydroxyl groups excluding tert-OH is 4. The van der Waals surface area contributed by atoms with Gasteiger partial charge in [0.2, 0.25) is 0 Å². The van der Waals surface area contributed by atoms with Gasteiger partial charge in [-0.05, 0) is 0 Å². The molecule has 0 aliphatic heterocycles. The van der Waals surface area contributed by atoms with E-state index in [2.05, 4.69) is 0 Å². The van der Waals surface area contributed by atoms with Crippen LogP contribution in [0.2, 0.25) is 0 Å². The highest BCUT2D eigenvalue weighted by Crippen LogP contribution is 2.22. The van der Waals surface area contributed by atoms with Gasteiger partial charge in [-0.15, -0.1) is 0 Å². The Kier molecular flexibility index (Phi) is 3.03. The zero-order chi connectivity index (χ0) is 9.30. The van der Waals surface area contributed by atoms with Crippen molar-refractivity contribution in [1.29, 1.82) is 0 Å². The lowest BCUT2D eigenvalue weighted by atomic mass is 9.87. The Labute approximate surface area is 70.2 Å². The summed E-state index contributed by atoms with van der Waals surface area (Å²) in [4.78, 5) is 0. The van der Waals surface area contributed by atoms with Gasteiger partial charge in [0.25, 0.3) is 0 Å². The van der Waals surface area contributed by atoms with Crippen LogP contribution in [0.5, 0.6) is 0 Å². The zero-order valence-corrected chi connectivity index (χ0v) is 6.79. The molecule has 0 radical (unpaired) electrons. The van der Waals surface area contributed by atoms with E-state index >= 15 is 0 Å². The summed E-state index contributed by atoms with van der Waals surface area (Å²) < 4.78 is 4.76. The van der Waals surface area contributed by atoms with E-state index in [0.29, 0.717) is 0 Å². The molecular weight excluding hydrogens is 164 g/mol. The summed E-state index contributed by atoms with van der Waals surface area (Å²) >= 11 is 0. The normalized spacial score (nSPS) is 49.2. The molecule has 1 rings (SSSR count). The highest BCUT2D eigenvalue weighted by atomic mass is 16.5. The predicted octanol–water partition coefficient (Wildman–Crippen LogP) is -2.15. The fourth-order valence-corrected chi connectivity index (χ4v) is 1.47. The van der Waals surface area contributed by atoms with Crippen LogP contribution in [0.15, 0.2) is 0 Å². The first-order valence-electron chi connectivity index (χ1n) is 3.83. The van der Waals surface area contributed by atoms with Crippen LogP contribution in [0.25, 0.3) is 0 Å². The second-order valence-corrected chi connectivity index (χ2v) is 3.05. The molecule has 1 aliphatic carbocycles. The van der Waals surface area contributed by atoms with Crippen LogP contribution >= 0.6 is 0 Å². The molecule has 0 aromatic carbocycles. The van der Waals surface area contributed by atoms with Crippen LogP contribution in [0.1, 0.15) is 6.42 Å². The summed E-state index contributed by atoms with van der Waals surface area (Å²) in [5.41, 5.74) is 0. The zero-order valence-electron chi connectivity index (χ0n) is 6.79. The molecule has 5 nitrogen and oxygen atoms in total. The Balaban J connectivity index is 2.65. The van der Waals surface area contributed by atoms with E-state index in [4.69, 9.17) is 9.84 Å². The molecule has 0 unspecified atom stereocenters. The maximum Gasteiger partial charge on any atom is 0.112 e. The monoisotopic (exact) mass is 178 g/mol. The lowest BCUT2D eigenvalue weighted by molar-refractivity contribution is -0.185. The van der Waals surface area contributed by atoms with Crippen molar-refractivity contribution in [2.45, 2.75) is 36.9 Å². The standard InChI is InChI=1S/C7H14O5/c1-12-7-4(9)2-3(8)5(10)6(7)11/h3-11H,2H2,1H3/t3-,4-,5+,6-,7-/m1/s1. The lowest BCUT2D eigenvalue weighted by Crippen LogP contribution is -2.56. The summed E-state index contributed by atoms with van der Waals surface area (Å²) in [6.07, 6.45) is -5.27. The molecule has 0 bridgehead atoms. The molecule has 1 aliphatic rings. The van der Waals surface area contributed by atoms with Crippen molar-refractivity contribution in [2.75, 3.05) is 7.11 Å². The number of hydrogen-bond acceptors (Lipinski definition) is 5. The molecule has 72 valence electrons. The van der Waals surface area contributed by atoms with Gasteiger partial charge in [0.15, 0.2) is 0 Å². The minimum atomic E-state index is -1.24. The van der Waals surface area contributed by atoms with Gasteiger partial charge < -0.3 is 25.2 Å². The van der Waals surface area contributed by atoms with Crippen molar-refractivity contribution in [2.24, 2.45) is 0 Å². The summed E-state index contributed by atoms with van der Waals surface area (Å²) in [5, 5.41) is 36.8. The quantitative estimate of drug-likeness (QED) is 0.367. The molecule has 0 aromatic heterocycles. The smallest absolute Gasteiger partial charge is 0.112 e. The van der Waals surface area contributed by atoms with E-state index in [9.17, 15) is 15.3 Å². The molecule has 5 heteroatoms. The van der Waals surface area contributed by atoms with E-state index in [1.807, 2.05) is 0 Å². The third-order valence-corrected chi connectivity index (χ3v) is 2.22. The number of aliphatic hydroxyl groups is 4. The molecule has 1 fully saturated rings. The first-order valence-corrected chi connectivity index (χ1v) is 3.83. The number of hydrogen-bond donors (Lipinski definition) is 4. The summed E-state index contributed by atoms with van der Waals surface area (Å²) in [5.74, 6) is 0. The predicted molar refractivity (Wildman–Crippen MR) is 39.4 cm³/mol. The molecule has 0 amide bonds. The fraction of sp³-hybridized carbons (Fsp3) is 1.00. The van der Waals surface area contributed by atoms with Crippen molar-refractivity contribution in [3.63, 3.8) is 0 Å². The van der Waals surface area contributed by atoms with Crippen LogP contribution < -0.4 is 0 Å². The minimum Gasteiger partial charge on any atom is -0.390 e. The van der Waals surface area contributed by atoms with Gasteiger partial charge in [-0.1, -0.05) is 0 Å². The average Bonchev–Trinajstić information content (AvgIpc) is 2.01. The third kappa shape index (κ3) is 1.60. The van der Waals surface area contributed by atoms with E-state index in [0.717, 1.165) is 0 Å². The fourth-order valence-electron chi connectivity index (χ4n) is 1.47. The second-order valence-electron chi connectivity index (χ2n) is 3.05. The number of methoxy groups -OCH3 is 1. The van der Waals surface area contributed by atoms with Crippen LogP contribution in [-0.2, 0) is 4.74 Å². The molecule has 0 spiro atoms. The van der Waals surface area contributed by atoms with Crippen molar-refractivity contribution in [3.8, 4) is 0 Å². The van der Waals surface area contributed by atoms with Gasteiger partial charge in [0, 0.05) is 13.5 Å². The van der Waals surface area contributed by atoms with E-state index in [1.165, 1.54) is 7.11 Å². The highest BCUT2D eigenvalue weighted by Gasteiger charge is 2.42. The maximum absolute atomic E-state index is 9.28. The van der Waals surface area contributed by atoms with Crippen molar-refractivity contribution < 1.29 is 25.2 Å². The molecule has 5 atom stereocenters. The third-order valence-electron chi connectivity index (χ3n) is 2.22. The Morgan fingerprint density at radius 1 is 1.00 bits per heavy atom. The number of ether oxygens (including phenoxy) is 1. The van der Waals surface area contributed by atoms with Gasteiger partial charge in [0.05, 0.1) is 12.2 Å². The molecule has 1 saturated carbocycles. The molecule has 12 heavy (non-hydrogen) atoms. The van der Waals surface area contributed by atoms with Gasteiger partial charge in [-0.25, -0.2) is 0 Å². The first-order chi connectivity index (χ1) is 5.57. The van der Waals surface area contributed by atoms with Gasteiger partial charge in [-0.2, -0.15) is 0 Å². The lowest BCUT2D eigenvalue weighted by Gasteiger charge is -2.37. The summed E-state index contributed by atoms with van der Waals surface area (Å²) in [6.45, 7) is 0. The molecular formula is C7H14O5. The Morgan fingerprint density at radius 3 is 2.08 bits per heavy atom. The van der Waals surface area contributed by atoms with E-state index in [-0.39, 0.29) is 6.42 Å². The Morgan fingerprint density at radius 2 is 1.58 bits per heavy atom. The first kappa shape index (κ1) is 9.88. The van der Waals surface area contributed by atoms with Gasteiger partial charge in [0.1, 0.15) is 18.3 Å². The summed E-state index contributed by atoms with van der Waals surface area (Å²) in [7, 11) is 1.33. The molecule has 0 aromatic rings. The maximum atomic E-state index is 9.28. The summed E-state index contributed by atoms with van der Waals surface area (Å²) in [6, 6.07) is 0.